The third kappa shape index (κ3) is 3.64. The molecule has 0 radical (unpaired) electrons. The Labute approximate surface area is 130 Å². The number of nitrogens with zero attached hydrogens (tertiary/aromatic N) is 2. The number of anilines is 1. The number of rotatable bonds is 4. The Balaban J connectivity index is 2.09. The predicted molar refractivity (Wildman–Crippen MR) is 86.3 cm³/mol. The summed E-state index contributed by atoms with van der Waals surface area (Å²) < 4.78 is 0. The van der Waals surface area contributed by atoms with Crippen molar-refractivity contribution in [2.75, 3.05) is 5.32 Å². The largest absolute Gasteiger partial charge is 0.300 e. The summed E-state index contributed by atoms with van der Waals surface area (Å²) >= 11 is 4.74. The Morgan fingerprint density at radius 3 is 2.50 bits per heavy atom. The van der Waals surface area contributed by atoms with Gasteiger partial charge in [0.05, 0.1) is 4.83 Å². The van der Waals surface area contributed by atoms with Gasteiger partial charge in [0.25, 0.3) is 0 Å². The number of nitrogens with one attached hydrogen (secondary N) is 1. The van der Waals surface area contributed by atoms with Gasteiger partial charge < -0.3 is 0 Å². The molecule has 2 aromatic rings. The fourth-order valence-electron chi connectivity index (χ4n) is 1.56. The van der Waals surface area contributed by atoms with E-state index in [1.54, 1.807) is 0 Å². The van der Waals surface area contributed by atoms with Crippen molar-refractivity contribution in [3.8, 4) is 10.6 Å². The van der Waals surface area contributed by atoms with Gasteiger partial charge in [0.1, 0.15) is 5.01 Å². The first kappa shape index (κ1) is 15.1. The molecule has 0 aliphatic heterocycles. The van der Waals surface area contributed by atoms with Crippen LogP contribution in [-0.2, 0) is 4.79 Å². The van der Waals surface area contributed by atoms with Gasteiger partial charge in [-0.05, 0) is 12.8 Å². The SMILES string of the molecule is Cc1ccc(-c2nnc(NC(=O)[C@@H](Br)C(C)C)s2)cc1. The lowest BCUT2D eigenvalue weighted by molar-refractivity contribution is -0.116. The van der Waals surface area contributed by atoms with Gasteiger partial charge in [-0.25, -0.2) is 0 Å². The van der Waals surface area contributed by atoms with Gasteiger partial charge in [0, 0.05) is 5.56 Å². The molecule has 0 saturated heterocycles. The number of aromatic nitrogens is 2. The highest BCUT2D eigenvalue weighted by molar-refractivity contribution is 9.10. The standard InChI is InChI=1S/C14H16BrN3OS/c1-8(2)11(15)12(19)16-14-18-17-13(20-14)10-6-4-9(3)5-7-10/h4-8,11H,1-3H3,(H,16,18,19)/t11-/m0/s1. The predicted octanol–water partition coefficient (Wildman–Crippen LogP) is 3.87. The van der Waals surface area contributed by atoms with Crippen LogP contribution in [-0.4, -0.2) is 20.9 Å². The fraction of sp³-hybridized carbons (Fsp3) is 0.357. The van der Waals surface area contributed by atoms with Crippen molar-refractivity contribution in [1.82, 2.24) is 10.2 Å². The van der Waals surface area contributed by atoms with E-state index in [4.69, 9.17) is 0 Å². The zero-order valence-corrected chi connectivity index (χ0v) is 14.0. The molecular formula is C14H16BrN3OS. The van der Waals surface area contributed by atoms with Crippen LogP contribution in [0.2, 0.25) is 0 Å². The first-order valence-corrected chi connectivity index (χ1v) is 8.06. The van der Waals surface area contributed by atoms with E-state index in [0.717, 1.165) is 10.6 Å². The van der Waals surface area contributed by atoms with E-state index in [1.807, 2.05) is 45.0 Å². The number of halogens is 1. The molecule has 1 amide bonds. The lowest BCUT2D eigenvalue weighted by Gasteiger charge is -2.11. The molecule has 1 heterocycles. The number of benzene rings is 1. The van der Waals surface area contributed by atoms with Crippen molar-refractivity contribution in [1.29, 1.82) is 0 Å². The maximum Gasteiger partial charge on any atom is 0.240 e. The molecule has 0 aliphatic carbocycles. The Kier molecular flexibility index (Phi) is 4.88. The van der Waals surface area contributed by atoms with Crippen molar-refractivity contribution >= 4 is 38.3 Å². The molecule has 20 heavy (non-hydrogen) atoms. The molecule has 0 aliphatic rings. The van der Waals surface area contributed by atoms with Crippen LogP contribution in [0.4, 0.5) is 5.13 Å². The molecule has 1 aromatic carbocycles. The third-order valence-electron chi connectivity index (χ3n) is 2.79. The van der Waals surface area contributed by atoms with E-state index in [0.29, 0.717) is 5.13 Å². The highest BCUT2D eigenvalue weighted by Crippen LogP contribution is 2.27. The van der Waals surface area contributed by atoms with Crippen molar-refractivity contribution in [2.45, 2.75) is 25.6 Å². The normalized spacial score (nSPS) is 12.4. The summed E-state index contributed by atoms with van der Waals surface area (Å²) in [4.78, 5) is 11.7. The molecule has 0 unspecified atom stereocenters. The van der Waals surface area contributed by atoms with Gasteiger partial charge in [0.15, 0.2) is 0 Å². The Morgan fingerprint density at radius 2 is 1.90 bits per heavy atom. The second kappa shape index (κ2) is 6.45. The molecule has 2 rings (SSSR count). The minimum atomic E-state index is -0.228. The van der Waals surface area contributed by atoms with Gasteiger partial charge in [0.2, 0.25) is 11.0 Å². The van der Waals surface area contributed by atoms with Crippen LogP contribution in [0.25, 0.3) is 10.6 Å². The molecule has 1 N–H and O–H groups in total. The van der Waals surface area contributed by atoms with Crippen molar-refractivity contribution in [3.63, 3.8) is 0 Å². The lowest BCUT2D eigenvalue weighted by Crippen LogP contribution is -2.26. The van der Waals surface area contributed by atoms with Crippen molar-refractivity contribution in [2.24, 2.45) is 5.92 Å². The number of amides is 1. The van der Waals surface area contributed by atoms with Crippen LogP contribution in [0.3, 0.4) is 0 Å². The summed E-state index contributed by atoms with van der Waals surface area (Å²) in [6, 6.07) is 8.07. The summed E-state index contributed by atoms with van der Waals surface area (Å²) in [6.45, 7) is 6.01. The van der Waals surface area contributed by atoms with E-state index < -0.39 is 0 Å². The molecule has 1 aromatic heterocycles. The van der Waals surface area contributed by atoms with E-state index in [1.165, 1.54) is 16.9 Å². The molecule has 1 atom stereocenters. The van der Waals surface area contributed by atoms with Gasteiger partial charge in [-0.1, -0.05) is 70.9 Å². The average molecular weight is 354 g/mol. The Bertz CT molecular complexity index is 595. The van der Waals surface area contributed by atoms with Crippen molar-refractivity contribution in [3.05, 3.63) is 29.8 Å². The van der Waals surface area contributed by atoms with Crippen LogP contribution < -0.4 is 5.32 Å². The first-order valence-electron chi connectivity index (χ1n) is 6.33. The number of aryl methyl sites for hydroxylation is 1. The van der Waals surface area contributed by atoms with Gasteiger partial charge in [-0.15, -0.1) is 10.2 Å². The van der Waals surface area contributed by atoms with E-state index in [9.17, 15) is 4.79 Å². The van der Waals surface area contributed by atoms with Crippen LogP contribution in [0, 0.1) is 12.8 Å². The maximum absolute atomic E-state index is 11.9. The van der Waals surface area contributed by atoms with Gasteiger partial charge >= 0.3 is 0 Å². The summed E-state index contributed by atoms with van der Waals surface area (Å²) in [5.41, 5.74) is 2.21. The molecule has 0 fully saturated rings. The average Bonchev–Trinajstić information content (AvgIpc) is 2.87. The Hall–Kier alpha value is -1.27. The highest BCUT2D eigenvalue weighted by atomic mass is 79.9. The quantitative estimate of drug-likeness (QED) is 0.848. The summed E-state index contributed by atoms with van der Waals surface area (Å²) in [7, 11) is 0. The first-order chi connectivity index (χ1) is 9.47. The molecule has 106 valence electrons. The number of carbonyl (C=O) groups excluding carboxylic acids is 1. The molecule has 0 bridgehead atoms. The van der Waals surface area contributed by atoms with Crippen molar-refractivity contribution < 1.29 is 4.79 Å². The molecule has 4 nitrogen and oxygen atoms in total. The Morgan fingerprint density at radius 1 is 1.25 bits per heavy atom. The molecule has 0 spiro atoms. The number of hydrogen-bond acceptors (Lipinski definition) is 4. The summed E-state index contributed by atoms with van der Waals surface area (Å²) in [6.07, 6.45) is 0. The van der Waals surface area contributed by atoms with E-state index in [-0.39, 0.29) is 16.7 Å². The molecule has 0 saturated carbocycles. The zero-order chi connectivity index (χ0) is 14.7. The molecular weight excluding hydrogens is 338 g/mol. The second-order valence-electron chi connectivity index (χ2n) is 4.91. The van der Waals surface area contributed by atoms with E-state index >= 15 is 0 Å². The second-order valence-corrected chi connectivity index (χ2v) is 6.88. The third-order valence-corrected chi connectivity index (χ3v) is 5.15. The summed E-state index contributed by atoms with van der Waals surface area (Å²) in [5, 5.41) is 12.2. The zero-order valence-electron chi connectivity index (χ0n) is 11.6. The van der Waals surface area contributed by atoms with Gasteiger partial charge in [-0.3, -0.25) is 10.1 Å². The number of carbonyl (C=O) groups is 1. The lowest BCUT2D eigenvalue weighted by atomic mass is 10.1. The topological polar surface area (TPSA) is 54.9 Å². The minimum Gasteiger partial charge on any atom is -0.300 e. The van der Waals surface area contributed by atoms with E-state index in [2.05, 4.69) is 31.4 Å². The number of hydrogen-bond donors (Lipinski definition) is 1. The molecule has 6 heteroatoms. The number of alkyl halides is 1. The van der Waals surface area contributed by atoms with Crippen LogP contribution >= 0.6 is 27.3 Å². The van der Waals surface area contributed by atoms with Crippen LogP contribution in [0.5, 0.6) is 0 Å². The van der Waals surface area contributed by atoms with Gasteiger partial charge in [-0.2, -0.15) is 0 Å². The smallest absolute Gasteiger partial charge is 0.240 e. The maximum atomic E-state index is 11.9. The summed E-state index contributed by atoms with van der Waals surface area (Å²) in [5.74, 6) is 0.131. The van der Waals surface area contributed by atoms with Crippen LogP contribution in [0.1, 0.15) is 19.4 Å². The fourth-order valence-corrected chi connectivity index (χ4v) is 2.43. The minimum absolute atomic E-state index is 0.0911. The van der Waals surface area contributed by atoms with Crippen LogP contribution in [0.15, 0.2) is 24.3 Å². The highest BCUT2D eigenvalue weighted by Gasteiger charge is 2.20. The monoisotopic (exact) mass is 353 g/mol.